The van der Waals surface area contributed by atoms with Crippen molar-refractivity contribution in [3.8, 4) is 0 Å². The Balaban J connectivity index is 0.00000180. The van der Waals surface area contributed by atoms with Crippen LogP contribution < -0.4 is 40.2 Å². The van der Waals surface area contributed by atoms with E-state index >= 15 is 0 Å². The van der Waals surface area contributed by atoms with E-state index in [2.05, 4.69) is 17.2 Å². The van der Waals surface area contributed by atoms with Crippen LogP contribution in [0.15, 0.2) is 24.8 Å². The van der Waals surface area contributed by atoms with Gasteiger partial charge >= 0.3 is 29.6 Å². The maximum absolute atomic E-state index is 12.3. The van der Waals surface area contributed by atoms with Crippen molar-refractivity contribution in [2.24, 2.45) is 11.3 Å². The Bertz CT molecular complexity index is 428. The molecule has 1 atom stereocenters. The van der Waals surface area contributed by atoms with Gasteiger partial charge in [0.25, 0.3) is 0 Å². The van der Waals surface area contributed by atoms with Gasteiger partial charge in [-0.25, -0.2) is 0 Å². The summed E-state index contributed by atoms with van der Waals surface area (Å²) < 4.78 is 0. The van der Waals surface area contributed by atoms with Crippen molar-refractivity contribution in [3.05, 3.63) is 24.8 Å². The Hall–Kier alpha value is -0.490. The molecule has 2 aliphatic rings. The molecule has 1 saturated heterocycles. The minimum absolute atomic E-state index is 0. The fraction of sp³-hybridized carbons (Fsp3) is 0.462. The Morgan fingerprint density at radius 3 is 2.53 bits per heavy atom. The van der Waals surface area contributed by atoms with Crippen molar-refractivity contribution in [2.45, 2.75) is 25.7 Å². The van der Waals surface area contributed by atoms with Crippen LogP contribution in [0.3, 0.4) is 0 Å². The summed E-state index contributed by atoms with van der Waals surface area (Å²) in [6.07, 6.45) is 8.77. The number of rotatable bonds is 3. The molecule has 6 heteroatoms. The summed E-state index contributed by atoms with van der Waals surface area (Å²) in [6, 6.07) is 0. The summed E-state index contributed by atoms with van der Waals surface area (Å²) in [5.74, 6) is -0.715. The van der Waals surface area contributed by atoms with Crippen molar-refractivity contribution in [1.82, 2.24) is 10.6 Å². The molecule has 1 unspecified atom stereocenters. The molecular formula is C13H16N2NaO2S+. The molecule has 4 nitrogen and oxygen atoms in total. The molecule has 0 radical (unpaired) electrons. The second kappa shape index (κ2) is 6.79. The smallest absolute Gasteiger partial charge is 0.302 e. The maximum atomic E-state index is 12.3. The van der Waals surface area contributed by atoms with Crippen LogP contribution in [0.25, 0.3) is 0 Å². The van der Waals surface area contributed by atoms with Gasteiger partial charge in [-0.05, 0) is 37.9 Å². The zero-order chi connectivity index (χ0) is 13.2. The summed E-state index contributed by atoms with van der Waals surface area (Å²) in [5.41, 5.74) is -1.10. The third kappa shape index (κ3) is 2.99. The predicted molar refractivity (Wildman–Crippen MR) is 72.6 cm³/mol. The number of nitrogens with one attached hydrogen (secondary N) is 2. The van der Waals surface area contributed by atoms with Gasteiger partial charge in [0, 0.05) is 5.92 Å². The molecule has 0 spiro atoms. The Morgan fingerprint density at radius 2 is 2.05 bits per heavy atom. The van der Waals surface area contributed by atoms with E-state index in [9.17, 15) is 9.59 Å². The minimum Gasteiger partial charge on any atom is -0.302 e. The molecule has 2 rings (SSSR count). The van der Waals surface area contributed by atoms with Crippen LogP contribution in [0.5, 0.6) is 0 Å². The van der Waals surface area contributed by atoms with Crippen LogP contribution in [-0.4, -0.2) is 16.9 Å². The monoisotopic (exact) mass is 287 g/mol. The van der Waals surface area contributed by atoms with E-state index in [4.69, 9.17) is 12.2 Å². The molecule has 0 bridgehead atoms. The van der Waals surface area contributed by atoms with E-state index in [0.717, 1.165) is 19.3 Å². The number of thiocarbonyl (C=S) groups is 1. The van der Waals surface area contributed by atoms with Crippen molar-refractivity contribution in [2.75, 3.05) is 0 Å². The molecule has 1 aliphatic heterocycles. The molecule has 1 heterocycles. The van der Waals surface area contributed by atoms with E-state index in [1.807, 2.05) is 12.2 Å². The van der Waals surface area contributed by atoms with Crippen molar-refractivity contribution in [3.63, 3.8) is 0 Å². The average Bonchev–Trinajstić information content (AvgIpc) is 2.35. The molecule has 0 aromatic heterocycles. The van der Waals surface area contributed by atoms with E-state index in [1.54, 1.807) is 6.08 Å². The van der Waals surface area contributed by atoms with Crippen LogP contribution in [0, 0.1) is 11.3 Å². The molecule has 1 fully saturated rings. The largest absolute Gasteiger partial charge is 1.00 e. The first-order chi connectivity index (χ1) is 8.61. The first-order valence-electron chi connectivity index (χ1n) is 6.05. The number of hydrogen-bond acceptors (Lipinski definition) is 3. The standard InChI is InChI=1S/C13H16N2O2S.Na/c1-2-8-13(9-6-4-3-5-7-9)10(16)14-12(18)15-11(13)17;/h2,4,6,9H,1,3,5,7-8H2,(H2,14,15,16,17,18);/q;+1. The molecule has 2 amide bonds. The van der Waals surface area contributed by atoms with Gasteiger partial charge in [0.1, 0.15) is 5.41 Å². The molecule has 19 heavy (non-hydrogen) atoms. The normalized spacial score (nSPS) is 25.1. The van der Waals surface area contributed by atoms with Crippen molar-refractivity contribution in [1.29, 1.82) is 0 Å². The van der Waals surface area contributed by atoms with Gasteiger partial charge in [0.05, 0.1) is 0 Å². The number of allylic oxidation sites excluding steroid dienone is 3. The van der Waals surface area contributed by atoms with E-state index < -0.39 is 5.41 Å². The molecule has 0 aromatic rings. The summed E-state index contributed by atoms with van der Waals surface area (Å²) in [7, 11) is 0. The SMILES string of the molecule is C=CCC1(C2C=CCCC2)C(=O)NC(=S)NC1=O.[Na+]. The zero-order valence-electron chi connectivity index (χ0n) is 11.1. The summed E-state index contributed by atoms with van der Waals surface area (Å²) in [5, 5.41) is 5.21. The first-order valence-corrected chi connectivity index (χ1v) is 6.46. The van der Waals surface area contributed by atoms with Crippen LogP contribution in [-0.2, 0) is 9.59 Å². The number of carbonyl (C=O) groups is 2. The maximum Gasteiger partial charge on any atom is 1.00 e. The van der Waals surface area contributed by atoms with Crippen molar-refractivity contribution >= 4 is 29.1 Å². The van der Waals surface area contributed by atoms with E-state index in [0.29, 0.717) is 6.42 Å². The molecule has 1 aliphatic carbocycles. The predicted octanol–water partition coefficient (Wildman–Crippen LogP) is -1.56. The van der Waals surface area contributed by atoms with Crippen LogP contribution in [0.1, 0.15) is 25.7 Å². The van der Waals surface area contributed by atoms with Gasteiger partial charge in [0.15, 0.2) is 5.11 Å². The van der Waals surface area contributed by atoms with E-state index in [-0.39, 0.29) is 52.4 Å². The van der Waals surface area contributed by atoms with Gasteiger partial charge in [-0.2, -0.15) is 0 Å². The summed E-state index contributed by atoms with van der Waals surface area (Å²) >= 11 is 4.84. The van der Waals surface area contributed by atoms with Gasteiger partial charge in [0.2, 0.25) is 11.8 Å². The molecule has 0 aromatic carbocycles. The number of carbonyl (C=O) groups excluding carboxylic acids is 2. The van der Waals surface area contributed by atoms with Gasteiger partial charge in [-0.15, -0.1) is 6.58 Å². The quantitative estimate of drug-likeness (QED) is 0.286. The van der Waals surface area contributed by atoms with Crippen molar-refractivity contribution < 1.29 is 39.1 Å². The Morgan fingerprint density at radius 1 is 1.42 bits per heavy atom. The first kappa shape index (κ1) is 16.6. The van der Waals surface area contributed by atoms with Crippen LogP contribution >= 0.6 is 12.2 Å². The minimum atomic E-state index is -1.10. The number of amides is 2. The average molecular weight is 287 g/mol. The number of hydrogen-bond donors (Lipinski definition) is 2. The second-order valence-electron chi connectivity index (χ2n) is 4.67. The zero-order valence-corrected chi connectivity index (χ0v) is 13.9. The third-order valence-electron chi connectivity index (χ3n) is 3.62. The second-order valence-corrected chi connectivity index (χ2v) is 5.08. The van der Waals surface area contributed by atoms with Gasteiger partial charge in [-0.1, -0.05) is 18.2 Å². The molecular weight excluding hydrogens is 271 g/mol. The summed E-state index contributed by atoms with van der Waals surface area (Å²) in [6.45, 7) is 3.67. The molecule has 96 valence electrons. The fourth-order valence-corrected chi connectivity index (χ4v) is 2.87. The van der Waals surface area contributed by atoms with E-state index in [1.165, 1.54) is 0 Å². The third-order valence-corrected chi connectivity index (χ3v) is 3.82. The van der Waals surface area contributed by atoms with Crippen LogP contribution in [0.4, 0.5) is 0 Å². The molecule has 2 N–H and O–H groups in total. The Labute approximate surface area is 140 Å². The Kier molecular flexibility index (Phi) is 5.92. The molecule has 0 saturated carbocycles. The topological polar surface area (TPSA) is 58.2 Å². The fourth-order valence-electron chi connectivity index (χ4n) is 2.69. The van der Waals surface area contributed by atoms with Crippen LogP contribution in [0.2, 0.25) is 0 Å². The van der Waals surface area contributed by atoms with Gasteiger partial charge in [-0.3, -0.25) is 9.59 Å². The summed E-state index contributed by atoms with van der Waals surface area (Å²) in [4.78, 5) is 24.6. The van der Waals surface area contributed by atoms with Gasteiger partial charge < -0.3 is 10.6 Å².